The van der Waals surface area contributed by atoms with Gasteiger partial charge in [0.15, 0.2) is 0 Å². The summed E-state index contributed by atoms with van der Waals surface area (Å²) in [5.74, 6) is -0.109. The number of nitrogens with zero attached hydrogens (tertiary/aromatic N) is 1. The molecule has 0 radical (unpaired) electrons. The number of esters is 2. The number of rotatable bonds is 7. The molecular weight excluding hydrogens is 390 g/mol. The van der Waals surface area contributed by atoms with Gasteiger partial charge in [0.2, 0.25) is 0 Å². The summed E-state index contributed by atoms with van der Waals surface area (Å²) in [6, 6.07) is 22.5. The molecular formula is C26H23NO4. The lowest BCUT2D eigenvalue weighted by Gasteiger charge is -2.26. The van der Waals surface area contributed by atoms with Crippen LogP contribution in [0, 0.1) is 6.92 Å². The summed E-state index contributed by atoms with van der Waals surface area (Å²) < 4.78 is 10.5. The molecule has 0 aliphatic heterocycles. The minimum atomic E-state index is -0.511. The molecule has 0 saturated carbocycles. The molecule has 0 saturated heterocycles. The summed E-state index contributed by atoms with van der Waals surface area (Å²) in [4.78, 5) is 25.2. The van der Waals surface area contributed by atoms with E-state index in [4.69, 9.17) is 9.47 Å². The minimum absolute atomic E-state index is 0.336. The molecule has 3 aromatic rings. The highest BCUT2D eigenvalue weighted by atomic mass is 16.5. The van der Waals surface area contributed by atoms with Gasteiger partial charge in [-0.2, -0.15) is 0 Å². The number of benzene rings is 3. The highest BCUT2D eigenvalue weighted by Gasteiger charge is 2.14. The smallest absolute Gasteiger partial charge is 0.338 e. The fraction of sp³-hybridized carbons (Fsp3) is 0.0769. The third-order valence-corrected chi connectivity index (χ3v) is 4.43. The molecule has 156 valence electrons. The van der Waals surface area contributed by atoms with Gasteiger partial charge in [-0.25, -0.2) is 9.59 Å². The summed E-state index contributed by atoms with van der Waals surface area (Å²) in [5.41, 5.74) is 4.18. The molecule has 0 spiro atoms. The van der Waals surface area contributed by atoms with Crippen LogP contribution in [0.3, 0.4) is 0 Å². The van der Waals surface area contributed by atoms with Crippen LogP contribution in [0.25, 0.3) is 0 Å². The predicted molar refractivity (Wildman–Crippen MR) is 122 cm³/mol. The number of aryl methyl sites for hydroxylation is 1. The maximum absolute atomic E-state index is 11.8. The van der Waals surface area contributed by atoms with Crippen molar-refractivity contribution >= 4 is 29.0 Å². The molecule has 0 atom stereocenters. The zero-order chi connectivity index (χ0) is 22.4. The number of ether oxygens (including phenoxy) is 2. The molecule has 0 aromatic heterocycles. The molecule has 0 N–H and O–H groups in total. The van der Waals surface area contributed by atoms with Crippen LogP contribution >= 0.6 is 0 Å². The van der Waals surface area contributed by atoms with Crippen molar-refractivity contribution in [3.05, 3.63) is 103 Å². The largest absolute Gasteiger partial charge is 0.423 e. The highest BCUT2D eigenvalue weighted by molar-refractivity contribution is 5.89. The summed E-state index contributed by atoms with van der Waals surface area (Å²) in [6.45, 7) is 10.6. The van der Waals surface area contributed by atoms with Crippen LogP contribution in [-0.2, 0) is 9.59 Å². The van der Waals surface area contributed by atoms with Crippen LogP contribution in [0.1, 0.15) is 12.5 Å². The molecule has 0 amide bonds. The molecule has 0 heterocycles. The molecule has 5 nitrogen and oxygen atoms in total. The zero-order valence-electron chi connectivity index (χ0n) is 17.5. The fourth-order valence-electron chi connectivity index (χ4n) is 2.82. The second-order valence-electron chi connectivity index (χ2n) is 6.95. The minimum Gasteiger partial charge on any atom is -0.423 e. The van der Waals surface area contributed by atoms with E-state index < -0.39 is 11.9 Å². The van der Waals surface area contributed by atoms with Gasteiger partial charge in [-0.15, -0.1) is 0 Å². The van der Waals surface area contributed by atoms with Gasteiger partial charge in [0.25, 0.3) is 0 Å². The molecule has 0 fully saturated rings. The summed E-state index contributed by atoms with van der Waals surface area (Å²) >= 11 is 0. The van der Waals surface area contributed by atoms with Crippen molar-refractivity contribution in [2.75, 3.05) is 4.90 Å². The van der Waals surface area contributed by atoms with E-state index in [9.17, 15) is 9.59 Å². The Morgan fingerprint density at radius 2 is 1.19 bits per heavy atom. The van der Waals surface area contributed by atoms with Gasteiger partial charge < -0.3 is 14.4 Å². The van der Waals surface area contributed by atoms with Gasteiger partial charge in [-0.1, -0.05) is 30.9 Å². The lowest BCUT2D eigenvalue weighted by molar-refractivity contribution is -0.130. The molecule has 0 unspecified atom stereocenters. The zero-order valence-corrected chi connectivity index (χ0v) is 17.5. The van der Waals surface area contributed by atoms with Gasteiger partial charge in [0.1, 0.15) is 11.5 Å². The molecule has 3 aromatic carbocycles. The van der Waals surface area contributed by atoms with Crippen molar-refractivity contribution in [1.82, 2.24) is 0 Å². The average molecular weight is 413 g/mol. The number of anilines is 3. The number of carbonyl (C=O) groups is 2. The van der Waals surface area contributed by atoms with Crippen molar-refractivity contribution in [3.63, 3.8) is 0 Å². The third kappa shape index (κ3) is 5.48. The monoisotopic (exact) mass is 413 g/mol. The maximum atomic E-state index is 11.8. The second kappa shape index (κ2) is 9.59. The van der Waals surface area contributed by atoms with E-state index in [0.717, 1.165) is 28.7 Å². The summed E-state index contributed by atoms with van der Waals surface area (Å²) in [5, 5.41) is 0. The predicted octanol–water partition coefficient (Wildman–Crippen LogP) is 6.04. The van der Waals surface area contributed by atoms with Crippen LogP contribution in [-0.4, -0.2) is 11.9 Å². The van der Waals surface area contributed by atoms with Crippen LogP contribution in [0.2, 0.25) is 0 Å². The Balaban J connectivity index is 1.94. The second-order valence-corrected chi connectivity index (χ2v) is 6.95. The van der Waals surface area contributed by atoms with Crippen molar-refractivity contribution in [3.8, 4) is 11.5 Å². The Morgan fingerprint density at radius 3 is 1.61 bits per heavy atom. The van der Waals surface area contributed by atoms with Gasteiger partial charge in [0.05, 0.1) is 0 Å². The Kier molecular flexibility index (Phi) is 6.67. The Bertz CT molecular complexity index is 1100. The van der Waals surface area contributed by atoms with Crippen molar-refractivity contribution in [2.45, 2.75) is 13.8 Å². The molecule has 0 bridgehead atoms. The first-order valence-electron chi connectivity index (χ1n) is 9.66. The lowest BCUT2D eigenvalue weighted by atomic mass is 10.1. The molecule has 0 aliphatic rings. The van der Waals surface area contributed by atoms with Crippen molar-refractivity contribution in [1.29, 1.82) is 0 Å². The van der Waals surface area contributed by atoms with Crippen molar-refractivity contribution < 1.29 is 19.1 Å². The first kappa shape index (κ1) is 21.6. The Morgan fingerprint density at radius 1 is 0.774 bits per heavy atom. The van der Waals surface area contributed by atoms with Crippen LogP contribution in [0.5, 0.6) is 11.5 Å². The van der Waals surface area contributed by atoms with E-state index >= 15 is 0 Å². The SMILES string of the molecule is C=CC(=O)Oc1ccc(N(c2ccc(C)cc2)c2ccc(OC(=O)C(=C)C)cc2)cc1. The average Bonchev–Trinajstić information content (AvgIpc) is 2.77. The topological polar surface area (TPSA) is 55.8 Å². The Labute approximate surface area is 181 Å². The van der Waals surface area contributed by atoms with Gasteiger partial charge in [-0.05, 0) is 74.5 Å². The van der Waals surface area contributed by atoms with E-state index in [0.29, 0.717) is 17.1 Å². The fourth-order valence-corrected chi connectivity index (χ4v) is 2.82. The summed E-state index contributed by atoms with van der Waals surface area (Å²) in [6.07, 6.45) is 1.12. The van der Waals surface area contributed by atoms with E-state index in [1.807, 2.05) is 60.4 Å². The van der Waals surface area contributed by atoms with E-state index in [1.165, 1.54) is 0 Å². The first-order chi connectivity index (χ1) is 14.9. The molecule has 3 rings (SSSR count). The van der Waals surface area contributed by atoms with Crippen molar-refractivity contribution in [2.24, 2.45) is 0 Å². The maximum Gasteiger partial charge on any atom is 0.338 e. The van der Waals surface area contributed by atoms with Crippen LogP contribution < -0.4 is 14.4 Å². The normalized spacial score (nSPS) is 10.1. The third-order valence-electron chi connectivity index (χ3n) is 4.43. The Hall–Kier alpha value is -4.12. The number of carbonyl (C=O) groups excluding carboxylic acids is 2. The number of hydrogen-bond acceptors (Lipinski definition) is 5. The first-order valence-corrected chi connectivity index (χ1v) is 9.66. The standard InChI is InChI=1S/C26H23NO4/c1-5-25(28)30-23-14-10-21(11-15-23)27(20-8-6-19(4)7-9-20)22-12-16-24(17-13-22)31-26(29)18(2)3/h5-17H,1-2H2,3-4H3. The molecule has 0 aliphatic carbocycles. The quantitative estimate of drug-likeness (QED) is 0.269. The van der Waals surface area contributed by atoms with Crippen LogP contribution in [0.4, 0.5) is 17.1 Å². The highest BCUT2D eigenvalue weighted by Crippen LogP contribution is 2.36. The van der Waals surface area contributed by atoms with E-state index in [2.05, 4.69) is 13.2 Å². The number of hydrogen-bond donors (Lipinski definition) is 0. The lowest BCUT2D eigenvalue weighted by Crippen LogP contribution is -2.11. The molecule has 31 heavy (non-hydrogen) atoms. The van der Waals surface area contributed by atoms with Gasteiger partial charge in [-0.3, -0.25) is 0 Å². The van der Waals surface area contributed by atoms with Gasteiger partial charge in [0, 0.05) is 28.7 Å². The van der Waals surface area contributed by atoms with E-state index in [1.54, 1.807) is 31.2 Å². The van der Waals surface area contributed by atoms with Crippen LogP contribution in [0.15, 0.2) is 97.6 Å². The molecule has 5 heteroatoms. The van der Waals surface area contributed by atoms with Gasteiger partial charge >= 0.3 is 11.9 Å². The van der Waals surface area contributed by atoms with E-state index in [-0.39, 0.29) is 0 Å². The summed E-state index contributed by atoms with van der Waals surface area (Å²) in [7, 11) is 0.